The van der Waals surface area contributed by atoms with Crippen LogP contribution in [0.3, 0.4) is 0 Å². The highest BCUT2D eigenvalue weighted by Gasteiger charge is 2.43. The zero-order valence-electron chi connectivity index (χ0n) is 14.1. The Morgan fingerprint density at radius 3 is 2.48 bits per heavy atom. The number of aliphatic hydroxyl groups is 2. The lowest BCUT2D eigenvalue weighted by atomic mass is 10.0. The van der Waals surface area contributed by atoms with Gasteiger partial charge in [-0.15, -0.1) is 0 Å². The Hall–Kier alpha value is -1.43. The van der Waals surface area contributed by atoms with Gasteiger partial charge in [0.1, 0.15) is 0 Å². The summed E-state index contributed by atoms with van der Waals surface area (Å²) in [5.74, 6) is 0.0904. The van der Waals surface area contributed by atoms with Crippen molar-refractivity contribution in [3.05, 3.63) is 28.8 Å². The second-order valence-corrected chi connectivity index (χ2v) is 6.96. The van der Waals surface area contributed by atoms with E-state index in [1.165, 1.54) is 5.56 Å². The van der Waals surface area contributed by atoms with Gasteiger partial charge in [-0.25, -0.2) is 0 Å². The number of aliphatic hydroxyl groups excluding tert-OH is 2. The molecule has 0 bridgehead atoms. The van der Waals surface area contributed by atoms with E-state index < -0.39 is 6.10 Å². The third kappa shape index (κ3) is 2.89. The zero-order chi connectivity index (χ0) is 16.7. The summed E-state index contributed by atoms with van der Waals surface area (Å²) in [5, 5.41) is 19.4. The van der Waals surface area contributed by atoms with E-state index in [0.717, 1.165) is 23.2 Å². The van der Waals surface area contributed by atoms with Gasteiger partial charge >= 0.3 is 0 Å². The maximum atomic E-state index is 13.0. The molecule has 2 aliphatic heterocycles. The molecule has 5 nitrogen and oxygen atoms in total. The highest BCUT2D eigenvalue weighted by Crippen LogP contribution is 2.33. The molecule has 1 aromatic carbocycles. The molecule has 1 aromatic rings. The number of amides is 1. The van der Waals surface area contributed by atoms with E-state index in [0.29, 0.717) is 19.5 Å². The summed E-state index contributed by atoms with van der Waals surface area (Å²) in [6.45, 7) is 7.32. The average Bonchev–Trinajstić information content (AvgIpc) is 3.01. The van der Waals surface area contributed by atoms with Crippen LogP contribution >= 0.6 is 0 Å². The summed E-state index contributed by atoms with van der Waals surface area (Å²) in [7, 11) is 0. The lowest BCUT2D eigenvalue weighted by molar-refractivity contribution is -0.122. The molecular weight excluding hydrogens is 292 g/mol. The summed E-state index contributed by atoms with van der Waals surface area (Å²) in [6.07, 6.45) is 0.842. The van der Waals surface area contributed by atoms with E-state index in [1.807, 2.05) is 23.6 Å². The van der Waals surface area contributed by atoms with Crippen molar-refractivity contribution in [1.82, 2.24) is 4.90 Å². The van der Waals surface area contributed by atoms with E-state index in [9.17, 15) is 15.0 Å². The number of carbonyl (C=O) groups excluding carboxylic acids is 1. The van der Waals surface area contributed by atoms with Gasteiger partial charge in [0.15, 0.2) is 0 Å². The Bertz CT molecular complexity index is 593. The smallest absolute Gasteiger partial charge is 0.244 e. The Labute approximate surface area is 137 Å². The first kappa shape index (κ1) is 16.4. The number of anilines is 1. The topological polar surface area (TPSA) is 64.0 Å². The van der Waals surface area contributed by atoms with Crippen LogP contribution in [0.5, 0.6) is 0 Å². The number of likely N-dealkylation sites (tertiary alicyclic amines) is 1. The monoisotopic (exact) mass is 318 g/mol. The van der Waals surface area contributed by atoms with Gasteiger partial charge in [-0.2, -0.15) is 0 Å². The summed E-state index contributed by atoms with van der Waals surface area (Å²) in [5.41, 5.74) is 4.46. The predicted molar refractivity (Wildman–Crippen MR) is 89.6 cm³/mol. The van der Waals surface area contributed by atoms with Gasteiger partial charge in [0, 0.05) is 24.8 Å². The van der Waals surface area contributed by atoms with Crippen molar-refractivity contribution in [2.24, 2.45) is 0 Å². The molecule has 2 fully saturated rings. The molecule has 5 heteroatoms. The fourth-order valence-electron chi connectivity index (χ4n) is 4.27. The van der Waals surface area contributed by atoms with Crippen LogP contribution in [-0.2, 0) is 4.79 Å². The number of hydrogen-bond acceptors (Lipinski definition) is 4. The second-order valence-electron chi connectivity index (χ2n) is 6.96. The molecule has 0 aliphatic carbocycles. The maximum absolute atomic E-state index is 13.0. The number of rotatable bonds is 3. The molecule has 126 valence electrons. The number of carbonyl (C=O) groups is 1. The van der Waals surface area contributed by atoms with Crippen LogP contribution in [0.15, 0.2) is 12.1 Å². The minimum absolute atomic E-state index is 0.0105. The second kappa shape index (κ2) is 6.23. The van der Waals surface area contributed by atoms with Crippen LogP contribution in [0.4, 0.5) is 5.69 Å². The Kier molecular flexibility index (Phi) is 4.45. The van der Waals surface area contributed by atoms with E-state index in [1.54, 1.807) is 0 Å². The molecule has 2 aliphatic rings. The summed E-state index contributed by atoms with van der Waals surface area (Å²) in [6, 6.07) is 3.88. The van der Waals surface area contributed by atoms with Gasteiger partial charge in [-0.1, -0.05) is 17.7 Å². The summed E-state index contributed by atoms with van der Waals surface area (Å²) in [4.78, 5) is 16.8. The molecule has 0 saturated carbocycles. The molecule has 0 radical (unpaired) electrons. The first-order valence-corrected chi connectivity index (χ1v) is 8.36. The molecule has 2 heterocycles. The molecule has 0 spiro atoms. The number of benzene rings is 1. The van der Waals surface area contributed by atoms with Crippen molar-refractivity contribution < 1.29 is 15.0 Å². The molecule has 1 amide bonds. The standard InChI is InChI=1S/C18H26N2O3/c1-11-6-12(2)17(13(3)7-11)19-5-4-16(18(19)23)20-9-15(22)8-14(20)10-21/h6-7,14-16,21-22H,4-5,8-10H2,1-3H3/t14-,15+,16-/m0/s1. The normalized spacial score (nSPS) is 28.8. The van der Waals surface area contributed by atoms with Crippen molar-refractivity contribution >= 4 is 11.6 Å². The van der Waals surface area contributed by atoms with Crippen molar-refractivity contribution in [2.75, 3.05) is 24.6 Å². The van der Waals surface area contributed by atoms with Gasteiger partial charge < -0.3 is 15.1 Å². The van der Waals surface area contributed by atoms with Gasteiger partial charge in [-0.3, -0.25) is 9.69 Å². The quantitative estimate of drug-likeness (QED) is 0.877. The first-order chi connectivity index (χ1) is 10.9. The number of β-amino-alcohol motifs (C(OH)–C–C–N with tert-alkyl or cyclic N) is 1. The van der Waals surface area contributed by atoms with E-state index in [4.69, 9.17) is 0 Å². The number of hydrogen-bond donors (Lipinski definition) is 2. The third-order valence-electron chi connectivity index (χ3n) is 5.13. The van der Waals surface area contributed by atoms with E-state index in [2.05, 4.69) is 19.1 Å². The molecule has 23 heavy (non-hydrogen) atoms. The van der Waals surface area contributed by atoms with Crippen LogP contribution in [0.2, 0.25) is 0 Å². The van der Waals surface area contributed by atoms with Gasteiger partial charge in [0.05, 0.1) is 18.8 Å². The molecule has 0 unspecified atom stereocenters. The minimum Gasteiger partial charge on any atom is -0.395 e. The Morgan fingerprint density at radius 1 is 1.22 bits per heavy atom. The van der Waals surface area contributed by atoms with Crippen LogP contribution < -0.4 is 4.90 Å². The van der Waals surface area contributed by atoms with Crippen molar-refractivity contribution in [1.29, 1.82) is 0 Å². The molecule has 0 aromatic heterocycles. The van der Waals surface area contributed by atoms with Crippen LogP contribution in [0.25, 0.3) is 0 Å². The first-order valence-electron chi connectivity index (χ1n) is 8.36. The fraction of sp³-hybridized carbons (Fsp3) is 0.611. The number of nitrogens with zero attached hydrogens (tertiary/aromatic N) is 2. The maximum Gasteiger partial charge on any atom is 0.244 e. The Balaban J connectivity index is 1.85. The van der Waals surface area contributed by atoms with Crippen molar-refractivity contribution in [2.45, 2.75) is 51.8 Å². The van der Waals surface area contributed by atoms with Crippen LogP contribution in [0.1, 0.15) is 29.5 Å². The highest BCUT2D eigenvalue weighted by molar-refractivity contribution is 6.00. The largest absolute Gasteiger partial charge is 0.395 e. The van der Waals surface area contributed by atoms with Crippen molar-refractivity contribution in [3.8, 4) is 0 Å². The summed E-state index contributed by atoms with van der Waals surface area (Å²) < 4.78 is 0. The predicted octanol–water partition coefficient (Wildman–Crippen LogP) is 1.14. The van der Waals surface area contributed by atoms with Gasteiger partial charge in [-0.05, 0) is 44.7 Å². The zero-order valence-corrected chi connectivity index (χ0v) is 14.1. The molecule has 3 rings (SSSR count). The third-order valence-corrected chi connectivity index (χ3v) is 5.13. The molecule has 2 N–H and O–H groups in total. The number of aryl methyl sites for hydroxylation is 3. The van der Waals surface area contributed by atoms with Crippen molar-refractivity contribution in [3.63, 3.8) is 0 Å². The Morgan fingerprint density at radius 2 is 1.87 bits per heavy atom. The summed E-state index contributed by atoms with van der Waals surface area (Å²) >= 11 is 0. The lowest BCUT2D eigenvalue weighted by Gasteiger charge is -2.28. The average molecular weight is 318 g/mol. The van der Waals surface area contributed by atoms with Crippen LogP contribution in [0, 0.1) is 20.8 Å². The highest BCUT2D eigenvalue weighted by atomic mass is 16.3. The van der Waals surface area contributed by atoms with Gasteiger partial charge in [0.2, 0.25) is 5.91 Å². The molecular formula is C18H26N2O3. The lowest BCUT2D eigenvalue weighted by Crippen LogP contribution is -2.46. The van der Waals surface area contributed by atoms with Gasteiger partial charge in [0.25, 0.3) is 0 Å². The molecule has 3 atom stereocenters. The van der Waals surface area contributed by atoms with Crippen LogP contribution in [-0.4, -0.2) is 58.9 Å². The fourth-order valence-corrected chi connectivity index (χ4v) is 4.27. The SMILES string of the molecule is Cc1cc(C)c(N2CC[C@H](N3C[C@H](O)C[C@H]3CO)C2=O)c(C)c1. The minimum atomic E-state index is -0.447. The molecule has 2 saturated heterocycles. The van der Waals surface area contributed by atoms with E-state index >= 15 is 0 Å². The van der Waals surface area contributed by atoms with E-state index in [-0.39, 0.29) is 24.6 Å².